The minimum absolute atomic E-state index is 0.700. The van der Waals surface area contributed by atoms with Crippen molar-refractivity contribution in [2.75, 3.05) is 0 Å². The predicted molar refractivity (Wildman–Crippen MR) is 74.4 cm³/mol. The van der Waals surface area contributed by atoms with Gasteiger partial charge in [-0.25, -0.2) is 0 Å². The lowest BCUT2D eigenvalue weighted by Gasteiger charge is -2.08. The molecule has 0 fully saturated rings. The standard InChI is InChI=1S/C14H14BrN3/c1-9-6-12(7-16)4-5-13(9)8-18-11(3)14(15)10(2)17-18/h4-6H,8H2,1-3H3. The molecule has 1 heterocycles. The molecule has 0 unspecified atom stereocenters. The lowest BCUT2D eigenvalue weighted by Crippen LogP contribution is -2.05. The fourth-order valence-corrected chi connectivity index (χ4v) is 2.22. The van der Waals surface area contributed by atoms with Crippen LogP contribution in [-0.4, -0.2) is 9.78 Å². The Morgan fingerprint density at radius 3 is 2.56 bits per heavy atom. The van der Waals surface area contributed by atoms with Crippen molar-refractivity contribution in [3.8, 4) is 6.07 Å². The molecule has 0 radical (unpaired) electrons. The van der Waals surface area contributed by atoms with Gasteiger partial charge in [-0.15, -0.1) is 0 Å². The number of hydrogen-bond donors (Lipinski definition) is 0. The Hall–Kier alpha value is -1.60. The van der Waals surface area contributed by atoms with E-state index in [1.54, 1.807) is 0 Å². The fraction of sp³-hybridized carbons (Fsp3) is 0.286. The van der Waals surface area contributed by atoms with Crippen LogP contribution in [0.1, 0.15) is 28.1 Å². The number of halogens is 1. The molecular formula is C14H14BrN3. The van der Waals surface area contributed by atoms with Crippen LogP contribution in [0.5, 0.6) is 0 Å². The van der Waals surface area contributed by atoms with Crippen LogP contribution in [0.4, 0.5) is 0 Å². The molecule has 92 valence electrons. The van der Waals surface area contributed by atoms with Gasteiger partial charge in [-0.1, -0.05) is 6.07 Å². The molecule has 0 bridgehead atoms. The van der Waals surface area contributed by atoms with Gasteiger partial charge >= 0.3 is 0 Å². The first-order valence-electron chi connectivity index (χ1n) is 5.72. The van der Waals surface area contributed by atoms with Crippen molar-refractivity contribution in [2.24, 2.45) is 0 Å². The predicted octanol–water partition coefficient (Wildman–Crippen LogP) is 3.49. The lowest BCUT2D eigenvalue weighted by molar-refractivity contribution is 0.656. The van der Waals surface area contributed by atoms with Crippen LogP contribution >= 0.6 is 15.9 Å². The summed E-state index contributed by atoms with van der Waals surface area (Å²) >= 11 is 3.53. The van der Waals surface area contributed by atoms with Gasteiger partial charge in [0.25, 0.3) is 0 Å². The van der Waals surface area contributed by atoms with Crippen LogP contribution in [0, 0.1) is 32.1 Å². The summed E-state index contributed by atoms with van der Waals surface area (Å²) in [6, 6.07) is 7.91. The van der Waals surface area contributed by atoms with E-state index in [-0.39, 0.29) is 0 Å². The molecule has 2 rings (SSSR count). The summed E-state index contributed by atoms with van der Waals surface area (Å²) in [5.74, 6) is 0. The summed E-state index contributed by atoms with van der Waals surface area (Å²) < 4.78 is 3.04. The van der Waals surface area contributed by atoms with E-state index in [1.807, 2.05) is 43.7 Å². The molecule has 0 saturated heterocycles. The van der Waals surface area contributed by atoms with E-state index >= 15 is 0 Å². The molecule has 18 heavy (non-hydrogen) atoms. The monoisotopic (exact) mass is 303 g/mol. The minimum Gasteiger partial charge on any atom is -0.264 e. The van der Waals surface area contributed by atoms with Crippen LogP contribution in [0.25, 0.3) is 0 Å². The second-order valence-electron chi connectivity index (χ2n) is 4.40. The van der Waals surface area contributed by atoms with Gasteiger partial charge in [0.05, 0.1) is 34.0 Å². The molecule has 0 N–H and O–H groups in total. The molecule has 3 nitrogen and oxygen atoms in total. The average molecular weight is 304 g/mol. The van der Waals surface area contributed by atoms with Crippen LogP contribution < -0.4 is 0 Å². The highest BCUT2D eigenvalue weighted by Crippen LogP contribution is 2.21. The van der Waals surface area contributed by atoms with Gasteiger partial charge in [0.15, 0.2) is 0 Å². The maximum atomic E-state index is 8.85. The van der Waals surface area contributed by atoms with Crippen LogP contribution in [-0.2, 0) is 6.54 Å². The minimum atomic E-state index is 0.700. The van der Waals surface area contributed by atoms with Crippen molar-refractivity contribution in [1.82, 2.24) is 9.78 Å². The van der Waals surface area contributed by atoms with Gasteiger partial charge in [-0.2, -0.15) is 10.4 Å². The Morgan fingerprint density at radius 2 is 2.06 bits per heavy atom. The smallest absolute Gasteiger partial charge is 0.0991 e. The molecule has 0 aliphatic rings. The Morgan fingerprint density at radius 1 is 1.33 bits per heavy atom. The maximum absolute atomic E-state index is 8.85. The highest BCUT2D eigenvalue weighted by atomic mass is 79.9. The molecule has 4 heteroatoms. The zero-order valence-electron chi connectivity index (χ0n) is 10.7. The number of aryl methyl sites for hydroxylation is 2. The van der Waals surface area contributed by atoms with Gasteiger partial charge in [0.1, 0.15) is 0 Å². The molecule has 0 aliphatic heterocycles. The van der Waals surface area contributed by atoms with E-state index in [2.05, 4.69) is 27.1 Å². The summed E-state index contributed by atoms with van der Waals surface area (Å²) in [4.78, 5) is 0. The van der Waals surface area contributed by atoms with Gasteiger partial charge in [-0.3, -0.25) is 4.68 Å². The summed E-state index contributed by atoms with van der Waals surface area (Å²) in [6.45, 7) is 6.79. The van der Waals surface area contributed by atoms with Crippen molar-refractivity contribution in [3.63, 3.8) is 0 Å². The maximum Gasteiger partial charge on any atom is 0.0991 e. The molecular weight excluding hydrogens is 290 g/mol. The Balaban J connectivity index is 2.35. The Labute approximate surface area is 115 Å². The summed E-state index contributed by atoms with van der Waals surface area (Å²) in [7, 11) is 0. The highest BCUT2D eigenvalue weighted by molar-refractivity contribution is 9.10. The number of nitrogens with zero attached hydrogens (tertiary/aromatic N) is 3. The van der Waals surface area contributed by atoms with Gasteiger partial charge in [0, 0.05) is 0 Å². The molecule has 1 aromatic carbocycles. The van der Waals surface area contributed by atoms with E-state index in [9.17, 15) is 0 Å². The van der Waals surface area contributed by atoms with Crippen LogP contribution in [0.3, 0.4) is 0 Å². The molecule has 2 aromatic rings. The summed E-state index contributed by atoms with van der Waals surface area (Å²) in [5, 5.41) is 13.3. The first-order chi connectivity index (χ1) is 8.52. The molecule has 0 saturated carbocycles. The van der Waals surface area contributed by atoms with E-state index < -0.39 is 0 Å². The third kappa shape index (κ3) is 2.32. The Bertz CT molecular complexity index is 635. The molecule has 0 amide bonds. The average Bonchev–Trinajstić information content (AvgIpc) is 2.59. The summed E-state index contributed by atoms with van der Waals surface area (Å²) in [6.07, 6.45) is 0. The third-order valence-corrected chi connectivity index (χ3v) is 4.23. The first-order valence-corrected chi connectivity index (χ1v) is 6.51. The van der Waals surface area contributed by atoms with E-state index in [0.717, 1.165) is 28.0 Å². The lowest BCUT2D eigenvalue weighted by atomic mass is 10.1. The Kier molecular flexibility index (Phi) is 3.53. The van der Waals surface area contributed by atoms with Gasteiger partial charge < -0.3 is 0 Å². The fourth-order valence-electron chi connectivity index (χ4n) is 1.93. The molecule has 0 atom stereocenters. The second-order valence-corrected chi connectivity index (χ2v) is 5.19. The topological polar surface area (TPSA) is 41.6 Å². The quantitative estimate of drug-likeness (QED) is 0.852. The SMILES string of the molecule is Cc1cc(C#N)ccc1Cn1nc(C)c(Br)c1C. The number of hydrogen-bond acceptors (Lipinski definition) is 2. The zero-order valence-corrected chi connectivity index (χ0v) is 12.2. The second kappa shape index (κ2) is 4.95. The van der Waals surface area contributed by atoms with E-state index in [0.29, 0.717) is 5.56 Å². The molecule has 0 spiro atoms. The van der Waals surface area contributed by atoms with Gasteiger partial charge in [-0.05, 0) is 60.0 Å². The molecule has 0 aliphatic carbocycles. The third-order valence-electron chi connectivity index (χ3n) is 3.08. The van der Waals surface area contributed by atoms with Crippen molar-refractivity contribution >= 4 is 15.9 Å². The normalized spacial score (nSPS) is 10.4. The van der Waals surface area contributed by atoms with Crippen LogP contribution in [0.15, 0.2) is 22.7 Å². The van der Waals surface area contributed by atoms with E-state index in [1.165, 1.54) is 5.56 Å². The summed E-state index contributed by atoms with van der Waals surface area (Å²) in [5.41, 5.74) is 5.13. The number of aromatic nitrogens is 2. The van der Waals surface area contributed by atoms with Crippen molar-refractivity contribution in [2.45, 2.75) is 27.3 Å². The van der Waals surface area contributed by atoms with Crippen molar-refractivity contribution < 1.29 is 0 Å². The van der Waals surface area contributed by atoms with Crippen LogP contribution in [0.2, 0.25) is 0 Å². The number of benzene rings is 1. The number of rotatable bonds is 2. The number of nitriles is 1. The van der Waals surface area contributed by atoms with Gasteiger partial charge in [0.2, 0.25) is 0 Å². The zero-order chi connectivity index (χ0) is 13.3. The van der Waals surface area contributed by atoms with E-state index in [4.69, 9.17) is 5.26 Å². The highest BCUT2D eigenvalue weighted by Gasteiger charge is 2.10. The largest absolute Gasteiger partial charge is 0.264 e. The first kappa shape index (κ1) is 12.8. The molecule has 1 aromatic heterocycles. The van der Waals surface area contributed by atoms with Crippen molar-refractivity contribution in [1.29, 1.82) is 5.26 Å². The van der Waals surface area contributed by atoms with Crippen molar-refractivity contribution in [3.05, 3.63) is 50.8 Å².